The minimum atomic E-state index is -0.370. The third kappa shape index (κ3) is 5.03. The molecule has 0 aliphatic heterocycles. The van der Waals surface area contributed by atoms with Gasteiger partial charge >= 0.3 is 5.97 Å². The quantitative estimate of drug-likeness (QED) is 0.653. The van der Waals surface area contributed by atoms with Crippen LogP contribution in [0.1, 0.15) is 17.5 Å². The molecular weight excluding hydrogens is 268 g/mol. The molecule has 0 aromatic heterocycles. The molecule has 0 saturated heterocycles. The van der Waals surface area contributed by atoms with Crippen molar-refractivity contribution in [3.8, 4) is 11.5 Å². The Morgan fingerprint density at radius 3 is 2.38 bits per heavy atom. The van der Waals surface area contributed by atoms with E-state index in [1.807, 2.05) is 30.3 Å². The minimum Gasteiger partial charge on any atom is -0.508 e. The maximum atomic E-state index is 11.6. The first-order valence-electron chi connectivity index (χ1n) is 6.56. The number of hydrogen-bond acceptors (Lipinski definition) is 4. The number of ether oxygens (including phenoxy) is 1. The Balaban J connectivity index is 1.81. The highest BCUT2D eigenvalue weighted by Gasteiger charge is 2.04. The summed E-state index contributed by atoms with van der Waals surface area (Å²) in [7, 11) is 0. The molecule has 0 aliphatic carbocycles. The SMILES string of the molecule is O=C(CCc1cc(O)cc(O)c1)OC=Cc1ccccc1. The number of benzene rings is 2. The third-order valence-corrected chi connectivity index (χ3v) is 2.84. The zero-order valence-corrected chi connectivity index (χ0v) is 11.4. The summed E-state index contributed by atoms with van der Waals surface area (Å²) in [6.07, 6.45) is 3.62. The van der Waals surface area contributed by atoms with E-state index in [0.717, 1.165) is 5.56 Å². The van der Waals surface area contributed by atoms with Crippen molar-refractivity contribution in [2.75, 3.05) is 0 Å². The highest BCUT2D eigenvalue weighted by atomic mass is 16.5. The van der Waals surface area contributed by atoms with Gasteiger partial charge in [0.2, 0.25) is 0 Å². The zero-order chi connectivity index (χ0) is 15.1. The third-order valence-electron chi connectivity index (χ3n) is 2.84. The second-order valence-electron chi connectivity index (χ2n) is 4.56. The standard InChI is InChI=1S/C17H16O4/c18-15-10-14(11-16(19)12-15)6-7-17(20)21-9-8-13-4-2-1-3-5-13/h1-5,8-12,18-19H,6-7H2. The number of hydrogen-bond donors (Lipinski definition) is 2. The largest absolute Gasteiger partial charge is 0.508 e. The molecule has 2 rings (SSSR count). The number of aromatic hydroxyl groups is 2. The van der Waals surface area contributed by atoms with Gasteiger partial charge in [-0.1, -0.05) is 30.3 Å². The van der Waals surface area contributed by atoms with Crippen LogP contribution in [0.4, 0.5) is 0 Å². The van der Waals surface area contributed by atoms with Gasteiger partial charge in [0.1, 0.15) is 11.5 Å². The highest BCUT2D eigenvalue weighted by molar-refractivity contribution is 5.71. The smallest absolute Gasteiger partial charge is 0.310 e. The lowest BCUT2D eigenvalue weighted by Crippen LogP contribution is -2.01. The second-order valence-corrected chi connectivity index (χ2v) is 4.56. The molecule has 0 radical (unpaired) electrons. The van der Waals surface area contributed by atoms with Gasteiger partial charge in [0, 0.05) is 12.5 Å². The second kappa shape index (κ2) is 7.14. The molecule has 2 aromatic carbocycles. The summed E-state index contributed by atoms with van der Waals surface area (Å²) in [6, 6.07) is 13.8. The topological polar surface area (TPSA) is 66.8 Å². The maximum absolute atomic E-state index is 11.6. The average molecular weight is 284 g/mol. The number of aryl methyl sites for hydroxylation is 1. The summed E-state index contributed by atoms with van der Waals surface area (Å²) in [4.78, 5) is 11.6. The number of phenolic OH excluding ortho intramolecular Hbond substituents is 2. The number of carbonyl (C=O) groups is 1. The number of carbonyl (C=O) groups excluding carboxylic acids is 1. The molecule has 0 aliphatic rings. The Labute approximate surface area is 122 Å². The predicted octanol–water partition coefficient (Wildman–Crippen LogP) is 3.24. The lowest BCUT2D eigenvalue weighted by molar-refractivity contribution is -0.137. The van der Waals surface area contributed by atoms with Crippen LogP contribution in [-0.2, 0) is 16.0 Å². The molecule has 0 amide bonds. The van der Waals surface area contributed by atoms with Crippen LogP contribution in [0.2, 0.25) is 0 Å². The van der Waals surface area contributed by atoms with Crippen molar-refractivity contribution < 1.29 is 19.7 Å². The van der Waals surface area contributed by atoms with Gasteiger partial charge in [-0.05, 0) is 35.8 Å². The lowest BCUT2D eigenvalue weighted by Gasteiger charge is -2.03. The first kappa shape index (κ1) is 14.7. The molecule has 4 heteroatoms. The van der Waals surface area contributed by atoms with E-state index < -0.39 is 0 Å². The van der Waals surface area contributed by atoms with Crippen molar-refractivity contribution in [1.82, 2.24) is 0 Å². The van der Waals surface area contributed by atoms with E-state index in [4.69, 9.17) is 4.74 Å². The molecule has 0 atom stereocenters. The van der Waals surface area contributed by atoms with E-state index in [0.29, 0.717) is 12.0 Å². The van der Waals surface area contributed by atoms with Crippen LogP contribution in [-0.4, -0.2) is 16.2 Å². The number of phenols is 2. The van der Waals surface area contributed by atoms with Crippen molar-refractivity contribution in [2.45, 2.75) is 12.8 Å². The Hall–Kier alpha value is -2.75. The summed E-state index contributed by atoms with van der Waals surface area (Å²) >= 11 is 0. The van der Waals surface area contributed by atoms with Crippen LogP contribution in [0, 0.1) is 0 Å². The molecule has 21 heavy (non-hydrogen) atoms. The molecule has 0 saturated carbocycles. The Morgan fingerprint density at radius 1 is 1.05 bits per heavy atom. The Morgan fingerprint density at radius 2 is 1.71 bits per heavy atom. The summed E-state index contributed by atoms with van der Waals surface area (Å²) in [5.41, 5.74) is 1.62. The lowest BCUT2D eigenvalue weighted by atomic mass is 10.1. The van der Waals surface area contributed by atoms with Gasteiger partial charge in [-0.15, -0.1) is 0 Å². The van der Waals surface area contributed by atoms with Gasteiger partial charge in [0.05, 0.1) is 6.26 Å². The molecule has 0 fully saturated rings. The molecular formula is C17H16O4. The summed E-state index contributed by atoms with van der Waals surface area (Å²) in [6.45, 7) is 0. The fourth-order valence-corrected chi connectivity index (χ4v) is 1.86. The molecule has 4 nitrogen and oxygen atoms in total. The Kier molecular flexibility index (Phi) is 4.99. The van der Waals surface area contributed by atoms with Crippen LogP contribution < -0.4 is 0 Å². The molecule has 0 unspecified atom stereocenters. The van der Waals surface area contributed by atoms with Gasteiger partial charge in [-0.25, -0.2) is 0 Å². The van der Waals surface area contributed by atoms with E-state index in [9.17, 15) is 15.0 Å². The van der Waals surface area contributed by atoms with Crippen LogP contribution in [0.25, 0.3) is 6.08 Å². The van der Waals surface area contributed by atoms with E-state index in [2.05, 4.69) is 0 Å². The highest BCUT2D eigenvalue weighted by Crippen LogP contribution is 2.21. The first-order chi connectivity index (χ1) is 10.1. The normalized spacial score (nSPS) is 10.7. The number of rotatable bonds is 5. The zero-order valence-electron chi connectivity index (χ0n) is 11.4. The van der Waals surface area contributed by atoms with Gasteiger partial charge in [0.25, 0.3) is 0 Å². The Bertz CT molecular complexity index is 612. The van der Waals surface area contributed by atoms with Gasteiger partial charge in [-0.3, -0.25) is 4.79 Å². The molecule has 2 aromatic rings. The molecule has 108 valence electrons. The van der Waals surface area contributed by atoms with Crippen LogP contribution >= 0.6 is 0 Å². The van der Waals surface area contributed by atoms with Crippen LogP contribution in [0.3, 0.4) is 0 Å². The first-order valence-corrected chi connectivity index (χ1v) is 6.56. The molecule has 0 spiro atoms. The summed E-state index contributed by atoms with van der Waals surface area (Å²) < 4.78 is 4.98. The molecule has 0 heterocycles. The van der Waals surface area contributed by atoms with E-state index in [1.165, 1.54) is 24.5 Å². The average Bonchev–Trinajstić information content (AvgIpc) is 2.45. The fourth-order valence-electron chi connectivity index (χ4n) is 1.86. The van der Waals surface area contributed by atoms with E-state index in [-0.39, 0.29) is 23.9 Å². The van der Waals surface area contributed by atoms with Crippen LogP contribution in [0.5, 0.6) is 11.5 Å². The van der Waals surface area contributed by atoms with Crippen molar-refractivity contribution in [1.29, 1.82) is 0 Å². The molecule has 2 N–H and O–H groups in total. The van der Waals surface area contributed by atoms with Crippen molar-refractivity contribution in [3.05, 3.63) is 65.9 Å². The van der Waals surface area contributed by atoms with E-state index >= 15 is 0 Å². The van der Waals surface area contributed by atoms with Gasteiger partial charge in [0.15, 0.2) is 0 Å². The van der Waals surface area contributed by atoms with Crippen molar-refractivity contribution >= 4 is 12.0 Å². The minimum absolute atomic E-state index is 0.0256. The van der Waals surface area contributed by atoms with Gasteiger partial charge in [-0.2, -0.15) is 0 Å². The number of esters is 1. The maximum Gasteiger partial charge on any atom is 0.310 e. The van der Waals surface area contributed by atoms with Crippen LogP contribution in [0.15, 0.2) is 54.8 Å². The van der Waals surface area contributed by atoms with Crippen molar-refractivity contribution in [2.24, 2.45) is 0 Å². The van der Waals surface area contributed by atoms with E-state index in [1.54, 1.807) is 6.08 Å². The summed E-state index contributed by atoms with van der Waals surface area (Å²) in [5.74, 6) is -0.422. The summed E-state index contributed by atoms with van der Waals surface area (Å²) in [5, 5.41) is 18.7. The predicted molar refractivity (Wildman–Crippen MR) is 79.7 cm³/mol. The van der Waals surface area contributed by atoms with Gasteiger partial charge < -0.3 is 14.9 Å². The monoisotopic (exact) mass is 284 g/mol. The fraction of sp³-hybridized carbons (Fsp3) is 0.118. The van der Waals surface area contributed by atoms with Crippen molar-refractivity contribution in [3.63, 3.8) is 0 Å². The molecule has 0 bridgehead atoms.